The van der Waals surface area contributed by atoms with E-state index in [1.807, 2.05) is 45.6 Å². The number of rotatable bonds is 8. The Kier molecular flexibility index (Phi) is 12.5. The second-order valence-electron chi connectivity index (χ2n) is 10.8. The van der Waals surface area contributed by atoms with Gasteiger partial charge in [-0.2, -0.15) is 13.2 Å². The lowest BCUT2D eigenvalue weighted by atomic mass is 9.86. The second kappa shape index (κ2) is 15.2. The molecule has 0 unspecified atom stereocenters. The average molecular weight is 676 g/mol. The van der Waals surface area contributed by atoms with Crippen molar-refractivity contribution in [1.29, 1.82) is 0 Å². The number of hydrogen-bond acceptors (Lipinski definition) is 8. The summed E-state index contributed by atoms with van der Waals surface area (Å²) < 4.78 is 45.0. The Morgan fingerprint density at radius 1 is 1.09 bits per heavy atom. The number of benzene rings is 1. The third kappa shape index (κ3) is 10.2. The molecule has 4 rings (SSSR count). The van der Waals surface area contributed by atoms with E-state index in [1.165, 1.54) is 28.7 Å². The van der Waals surface area contributed by atoms with Crippen LogP contribution in [-0.2, 0) is 32.6 Å². The molecule has 236 valence electrons. The number of nitrogens with zero attached hydrogens (tertiary/aromatic N) is 3. The van der Waals surface area contributed by atoms with Crippen molar-refractivity contribution in [1.82, 2.24) is 14.9 Å². The first-order valence-corrected chi connectivity index (χ1v) is 17.0. The van der Waals surface area contributed by atoms with Crippen molar-refractivity contribution < 1.29 is 27.5 Å². The normalized spacial score (nSPS) is 14.3. The van der Waals surface area contributed by atoms with Crippen molar-refractivity contribution in [2.45, 2.75) is 89.0 Å². The molecule has 1 aliphatic heterocycles. The van der Waals surface area contributed by atoms with Crippen LogP contribution in [0.3, 0.4) is 0 Å². The Morgan fingerprint density at radius 2 is 1.77 bits per heavy atom. The van der Waals surface area contributed by atoms with E-state index in [0.29, 0.717) is 53.1 Å². The number of esters is 1. The van der Waals surface area contributed by atoms with Crippen LogP contribution in [0.5, 0.6) is 0 Å². The number of thiazole rings is 2. The molecule has 0 aliphatic carbocycles. The van der Waals surface area contributed by atoms with Crippen molar-refractivity contribution in [2.24, 2.45) is 0 Å². The predicted molar refractivity (Wildman–Crippen MR) is 169 cm³/mol. The van der Waals surface area contributed by atoms with Crippen molar-refractivity contribution >= 4 is 57.9 Å². The van der Waals surface area contributed by atoms with Gasteiger partial charge in [0, 0.05) is 40.5 Å². The zero-order valence-corrected chi connectivity index (χ0v) is 28.3. The Hall–Kier alpha value is -2.15. The standard InChI is InChI=1S/C28H31ClF3N3O3S3.C2H6/c1-5-38-23(37)13-20-15-33-21(39-20)14-22(36)35-8-6-16(7-9-35)26-34-24(25(29)40-26)17-10-18(27(2,3)4)12-19(11-17)41-28(30,31)32;1-2/h10-12,15-16H,5-9,13-14H2,1-4H3;1-2H3. The van der Waals surface area contributed by atoms with Crippen LogP contribution in [0.25, 0.3) is 11.3 Å². The summed E-state index contributed by atoms with van der Waals surface area (Å²) in [7, 11) is 0. The van der Waals surface area contributed by atoms with Gasteiger partial charge in [-0.1, -0.05) is 46.2 Å². The summed E-state index contributed by atoms with van der Waals surface area (Å²) in [6.07, 6.45) is 3.35. The number of carbonyl (C=O) groups is 2. The highest BCUT2D eigenvalue weighted by Crippen LogP contribution is 2.43. The lowest BCUT2D eigenvalue weighted by molar-refractivity contribution is -0.142. The number of halogens is 4. The van der Waals surface area contributed by atoms with Gasteiger partial charge in [-0.05, 0) is 60.7 Å². The fourth-order valence-corrected chi connectivity index (χ4v) is 7.42. The number of amides is 1. The highest BCUT2D eigenvalue weighted by Gasteiger charge is 2.31. The molecule has 0 spiro atoms. The molecule has 43 heavy (non-hydrogen) atoms. The zero-order chi connectivity index (χ0) is 31.9. The Balaban J connectivity index is 0.00000248. The first kappa shape index (κ1) is 35.3. The largest absolute Gasteiger partial charge is 0.466 e. The number of ether oxygens (including phenoxy) is 1. The molecule has 3 heterocycles. The quantitative estimate of drug-likeness (QED) is 0.175. The van der Waals surface area contributed by atoms with Crippen molar-refractivity contribution in [3.05, 3.63) is 49.2 Å². The topological polar surface area (TPSA) is 72.4 Å². The van der Waals surface area contributed by atoms with Gasteiger partial charge in [0.25, 0.3) is 0 Å². The second-order valence-corrected chi connectivity index (χ2v) is 14.7. The molecule has 6 nitrogen and oxygen atoms in total. The van der Waals surface area contributed by atoms with Crippen molar-refractivity contribution in [2.75, 3.05) is 19.7 Å². The maximum Gasteiger partial charge on any atom is 0.446 e. The van der Waals surface area contributed by atoms with E-state index in [1.54, 1.807) is 19.2 Å². The van der Waals surface area contributed by atoms with Gasteiger partial charge in [-0.15, -0.1) is 22.7 Å². The molecule has 0 saturated carbocycles. The zero-order valence-electron chi connectivity index (χ0n) is 25.1. The van der Waals surface area contributed by atoms with Crippen LogP contribution in [0, 0.1) is 0 Å². The van der Waals surface area contributed by atoms with Gasteiger partial charge in [0.1, 0.15) is 15.0 Å². The number of hydrogen-bond donors (Lipinski definition) is 0. The van der Waals surface area contributed by atoms with Gasteiger partial charge in [0.05, 0.1) is 24.5 Å². The number of thioether (sulfide) groups is 1. The van der Waals surface area contributed by atoms with Crippen molar-refractivity contribution in [3.63, 3.8) is 0 Å². The molecular formula is C30H37ClF3N3O3S3. The molecule has 1 aromatic carbocycles. The molecule has 13 heteroatoms. The molecule has 0 N–H and O–H groups in total. The third-order valence-electron chi connectivity index (χ3n) is 6.61. The minimum absolute atomic E-state index is 0.0213. The molecule has 1 amide bonds. The summed E-state index contributed by atoms with van der Waals surface area (Å²) >= 11 is 9.15. The van der Waals surface area contributed by atoms with Crippen LogP contribution < -0.4 is 0 Å². The van der Waals surface area contributed by atoms with E-state index in [9.17, 15) is 22.8 Å². The highest BCUT2D eigenvalue weighted by molar-refractivity contribution is 8.00. The molecule has 3 aromatic rings. The molecule has 1 saturated heterocycles. The van der Waals surface area contributed by atoms with Gasteiger partial charge < -0.3 is 9.64 Å². The van der Waals surface area contributed by atoms with Gasteiger partial charge in [0.15, 0.2) is 0 Å². The van der Waals surface area contributed by atoms with E-state index >= 15 is 0 Å². The lowest BCUT2D eigenvalue weighted by Gasteiger charge is -2.31. The third-order valence-corrected chi connectivity index (χ3v) is 9.72. The van der Waals surface area contributed by atoms with Crippen LogP contribution >= 0.6 is 46.0 Å². The monoisotopic (exact) mass is 675 g/mol. The van der Waals surface area contributed by atoms with Crippen molar-refractivity contribution in [3.8, 4) is 11.3 Å². The first-order chi connectivity index (χ1) is 20.2. The molecule has 0 atom stereocenters. The SMILES string of the molecule is CC.CCOC(=O)Cc1cnc(CC(=O)N2CCC(c3nc(-c4cc(SC(F)(F)F)cc(C(C)(C)C)c4)c(Cl)s3)CC2)s1. The van der Waals surface area contributed by atoms with Crippen LogP contribution in [0.1, 0.15) is 80.8 Å². The molecular weight excluding hydrogens is 639 g/mol. The lowest BCUT2D eigenvalue weighted by Crippen LogP contribution is -2.38. The predicted octanol–water partition coefficient (Wildman–Crippen LogP) is 8.91. The smallest absolute Gasteiger partial charge is 0.446 e. The fraction of sp³-hybridized carbons (Fsp3) is 0.533. The summed E-state index contributed by atoms with van der Waals surface area (Å²) in [5.41, 5.74) is -2.94. The summed E-state index contributed by atoms with van der Waals surface area (Å²) in [4.78, 5) is 36.4. The maximum atomic E-state index is 13.2. The molecule has 2 aromatic heterocycles. The number of carbonyl (C=O) groups excluding carboxylic acids is 2. The number of likely N-dealkylation sites (tertiary alicyclic amines) is 1. The number of aromatic nitrogens is 2. The van der Waals surface area contributed by atoms with Crippen LogP contribution in [0.4, 0.5) is 13.2 Å². The number of alkyl halides is 3. The Morgan fingerprint density at radius 3 is 2.37 bits per heavy atom. The first-order valence-electron chi connectivity index (χ1n) is 14.2. The number of piperidine rings is 1. The fourth-order valence-electron chi connectivity index (χ4n) is 4.51. The minimum atomic E-state index is -4.40. The maximum absolute atomic E-state index is 13.2. The van der Waals surface area contributed by atoms with E-state index in [4.69, 9.17) is 21.3 Å². The molecule has 0 bridgehead atoms. The minimum Gasteiger partial charge on any atom is -0.466 e. The van der Waals surface area contributed by atoms with Gasteiger partial charge in [0.2, 0.25) is 5.91 Å². The van der Waals surface area contributed by atoms with Crippen LogP contribution in [0.2, 0.25) is 4.34 Å². The van der Waals surface area contributed by atoms with Gasteiger partial charge in [-0.3, -0.25) is 9.59 Å². The van der Waals surface area contributed by atoms with Gasteiger partial charge >= 0.3 is 11.5 Å². The summed E-state index contributed by atoms with van der Waals surface area (Å²) in [5.74, 6) is -0.239. The average Bonchev–Trinajstić information content (AvgIpc) is 3.54. The van der Waals surface area contributed by atoms with E-state index < -0.39 is 5.51 Å². The van der Waals surface area contributed by atoms with Crippen LogP contribution in [0.15, 0.2) is 29.3 Å². The van der Waals surface area contributed by atoms with E-state index in [2.05, 4.69) is 4.98 Å². The van der Waals surface area contributed by atoms with Gasteiger partial charge in [-0.25, -0.2) is 9.97 Å². The summed E-state index contributed by atoms with van der Waals surface area (Å²) in [6, 6.07) is 4.93. The Labute approximate surface area is 268 Å². The van der Waals surface area contributed by atoms with Crippen LogP contribution in [-0.4, -0.2) is 51.9 Å². The molecule has 1 fully saturated rings. The van der Waals surface area contributed by atoms with E-state index in [0.717, 1.165) is 15.4 Å². The van der Waals surface area contributed by atoms with E-state index in [-0.39, 0.29) is 52.7 Å². The highest BCUT2D eigenvalue weighted by atomic mass is 35.5. The molecule has 1 aliphatic rings. The molecule has 0 radical (unpaired) electrons. The Bertz CT molecular complexity index is 1390. The summed E-state index contributed by atoms with van der Waals surface area (Å²) in [5, 5.41) is 1.49. The summed E-state index contributed by atoms with van der Waals surface area (Å²) in [6.45, 7) is 13.0.